The summed E-state index contributed by atoms with van der Waals surface area (Å²) in [5, 5.41) is 3.28. The van der Waals surface area contributed by atoms with Gasteiger partial charge in [0.15, 0.2) is 0 Å². The Hall–Kier alpha value is -3.34. The summed E-state index contributed by atoms with van der Waals surface area (Å²) in [5.41, 5.74) is 2.57. The number of nitrogens with zero attached hydrogens (tertiary/aromatic N) is 2. The highest BCUT2D eigenvalue weighted by molar-refractivity contribution is 6.06. The standard InChI is InChI=1S/C22H23N3O2/c1-25(19-9-4-3-5-10-19)22(26)18-13-15-24-21(16-18)23-14-12-17-8-6-7-11-20(17)27-2/h3-11,13,15-16H,12,14H2,1-2H3,(H,23,24). The third kappa shape index (κ3) is 4.64. The van der Waals surface area contributed by atoms with Crippen molar-refractivity contribution in [2.24, 2.45) is 0 Å². The molecule has 27 heavy (non-hydrogen) atoms. The first kappa shape index (κ1) is 18.5. The van der Waals surface area contributed by atoms with Crippen LogP contribution in [-0.2, 0) is 6.42 Å². The van der Waals surface area contributed by atoms with E-state index in [1.807, 2.05) is 54.6 Å². The average molecular weight is 361 g/mol. The van der Waals surface area contributed by atoms with E-state index < -0.39 is 0 Å². The van der Waals surface area contributed by atoms with Crippen LogP contribution in [0.1, 0.15) is 15.9 Å². The zero-order valence-corrected chi connectivity index (χ0v) is 15.6. The first-order valence-electron chi connectivity index (χ1n) is 8.84. The maximum atomic E-state index is 12.7. The molecule has 2 aromatic carbocycles. The number of hydrogen-bond donors (Lipinski definition) is 1. The van der Waals surface area contributed by atoms with Crippen LogP contribution in [0, 0.1) is 0 Å². The third-order valence-corrected chi connectivity index (χ3v) is 4.35. The highest BCUT2D eigenvalue weighted by Gasteiger charge is 2.14. The number of nitrogens with one attached hydrogen (secondary N) is 1. The van der Waals surface area contributed by atoms with E-state index >= 15 is 0 Å². The van der Waals surface area contributed by atoms with Crippen LogP contribution in [0.3, 0.4) is 0 Å². The fourth-order valence-corrected chi connectivity index (χ4v) is 2.86. The summed E-state index contributed by atoms with van der Waals surface area (Å²) >= 11 is 0. The number of pyridine rings is 1. The Morgan fingerprint density at radius 1 is 1.07 bits per heavy atom. The summed E-state index contributed by atoms with van der Waals surface area (Å²) in [5.74, 6) is 1.48. The number of rotatable bonds is 7. The van der Waals surface area contributed by atoms with Crippen LogP contribution in [0.5, 0.6) is 5.75 Å². The number of aromatic nitrogens is 1. The smallest absolute Gasteiger partial charge is 0.258 e. The fraction of sp³-hybridized carbons (Fsp3) is 0.182. The molecule has 0 radical (unpaired) electrons. The van der Waals surface area contributed by atoms with Gasteiger partial charge in [0.1, 0.15) is 11.6 Å². The molecular weight excluding hydrogens is 338 g/mol. The first-order valence-corrected chi connectivity index (χ1v) is 8.84. The number of hydrogen-bond acceptors (Lipinski definition) is 4. The van der Waals surface area contributed by atoms with Crippen molar-refractivity contribution in [1.29, 1.82) is 0 Å². The van der Waals surface area contributed by atoms with Gasteiger partial charge in [-0.2, -0.15) is 0 Å². The fourth-order valence-electron chi connectivity index (χ4n) is 2.86. The minimum Gasteiger partial charge on any atom is -0.496 e. The van der Waals surface area contributed by atoms with Gasteiger partial charge in [0.2, 0.25) is 0 Å². The molecule has 0 aliphatic heterocycles. The lowest BCUT2D eigenvalue weighted by Crippen LogP contribution is -2.26. The number of methoxy groups -OCH3 is 1. The Labute approximate surface area is 159 Å². The van der Waals surface area contributed by atoms with Crippen LogP contribution in [0.4, 0.5) is 11.5 Å². The van der Waals surface area contributed by atoms with E-state index in [4.69, 9.17) is 4.74 Å². The first-order chi connectivity index (χ1) is 13.2. The zero-order chi connectivity index (χ0) is 19.1. The molecule has 0 spiro atoms. The second-order valence-corrected chi connectivity index (χ2v) is 6.12. The molecule has 0 aliphatic carbocycles. The number of anilines is 2. The predicted octanol–water partition coefficient (Wildman–Crippen LogP) is 4.02. The number of para-hydroxylation sites is 2. The second kappa shape index (κ2) is 8.85. The van der Waals surface area contributed by atoms with E-state index in [1.54, 1.807) is 37.4 Å². The lowest BCUT2D eigenvalue weighted by molar-refractivity contribution is 0.0993. The Balaban J connectivity index is 1.64. The lowest BCUT2D eigenvalue weighted by atomic mass is 10.1. The molecule has 0 bridgehead atoms. The molecule has 5 heteroatoms. The van der Waals surface area contributed by atoms with Gasteiger partial charge in [-0.3, -0.25) is 4.79 Å². The molecule has 1 amide bonds. The number of ether oxygens (including phenoxy) is 1. The van der Waals surface area contributed by atoms with Crippen molar-refractivity contribution in [2.75, 3.05) is 30.9 Å². The van der Waals surface area contributed by atoms with Gasteiger partial charge in [-0.15, -0.1) is 0 Å². The van der Waals surface area contributed by atoms with Crippen molar-refractivity contribution in [2.45, 2.75) is 6.42 Å². The maximum absolute atomic E-state index is 12.7. The van der Waals surface area contributed by atoms with E-state index in [9.17, 15) is 4.79 Å². The normalized spacial score (nSPS) is 10.3. The summed E-state index contributed by atoms with van der Waals surface area (Å²) in [6.07, 6.45) is 2.45. The van der Waals surface area contributed by atoms with Gasteiger partial charge >= 0.3 is 0 Å². The Kier molecular flexibility index (Phi) is 6.05. The zero-order valence-electron chi connectivity index (χ0n) is 15.6. The predicted molar refractivity (Wildman–Crippen MR) is 109 cm³/mol. The molecule has 1 heterocycles. The number of carbonyl (C=O) groups excluding carboxylic acids is 1. The third-order valence-electron chi connectivity index (χ3n) is 4.35. The van der Waals surface area contributed by atoms with Gasteiger partial charge in [0, 0.05) is 31.0 Å². The van der Waals surface area contributed by atoms with Crippen molar-refractivity contribution in [3.63, 3.8) is 0 Å². The Bertz CT molecular complexity index is 897. The molecule has 0 unspecified atom stereocenters. The number of amides is 1. The maximum Gasteiger partial charge on any atom is 0.258 e. The number of carbonyl (C=O) groups is 1. The van der Waals surface area contributed by atoms with E-state index in [-0.39, 0.29) is 5.91 Å². The molecule has 5 nitrogen and oxygen atoms in total. The van der Waals surface area contributed by atoms with Gasteiger partial charge in [-0.1, -0.05) is 36.4 Å². The summed E-state index contributed by atoms with van der Waals surface area (Å²) in [7, 11) is 3.44. The summed E-state index contributed by atoms with van der Waals surface area (Å²) in [6.45, 7) is 0.694. The van der Waals surface area contributed by atoms with Gasteiger partial charge < -0.3 is 15.0 Å². The molecule has 3 rings (SSSR count). The molecule has 0 saturated carbocycles. The topological polar surface area (TPSA) is 54.5 Å². The van der Waals surface area contributed by atoms with Crippen molar-refractivity contribution in [3.8, 4) is 5.75 Å². The van der Waals surface area contributed by atoms with Gasteiger partial charge in [0.25, 0.3) is 5.91 Å². The molecule has 3 aromatic rings. The minimum absolute atomic E-state index is 0.0728. The van der Waals surface area contributed by atoms with Crippen LogP contribution in [0.25, 0.3) is 0 Å². The summed E-state index contributed by atoms with van der Waals surface area (Å²) in [4.78, 5) is 18.7. The van der Waals surface area contributed by atoms with Crippen LogP contribution in [0.15, 0.2) is 72.9 Å². The quantitative estimate of drug-likeness (QED) is 0.690. The molecule has 0 fully saturated rings. The van der Waals surface area contributed by atoms with E-state index in [0.717, 1.165) is 23.4 Å². The lowest BCUT2D eigenvalue weighted by Gasteiger charge is -2.17. The van der Waals surface area contributed by atoms with E-state index in [0.29, 0.717) is 17.9 Å². The van der Waals surface area contributed by atoms with E-state index in [1.165, 1.54) is 0 Å². The van der Waals surface area contributed by atoms with Crippen LogP contribution in [0.2, 0.25) is 0 Å². The molecule has 0 atom stereocenters. The van der Waals surface area contributed by atoms with Crippen molar-refractivity contribution < 1.29 is 9.53 Å². The SMILES string of the molecule is COc1ccccc1CCNc1cc(C(=O)N(C)c2ccccc2)ccn1. The summed E-state index contributed by atoms with van der Waals surface area (Å²) in [6, 6.07) is 21.0. The second-order valence-electron chi connectivity index (χ2n) is 6.12. The van der Waals surface area contributed by atoms with Crippen molar-refractivity contribution in [3.05, 3.63) is 84.1 Å². The van der Waals surface area contributed by atoms with Crippen molar-refractivity contribution in [1.82, 2.24) is 4.98 Å². The molecule has 138 valence electrons. The molecule has 1 N–H and O–H groups in total. The largest absolute Gasteiger partial charge is 0.496 e. The van der Waals surface area contributed by atoms with E-state index in [2.05, 4.69) is 10.3 Å². The highest BCUT2D eigenvalue weighted by Crippen LogP contribution is 2.19. The number of benzene rings is 2. The Morgan fingerprint density at radius 2 is 1.81 bits per heavy atom. The molecular formula is C22H23N3O2. The molecule has 0 saturated heterocycles. The van der Waals surface area contributed by atoms with Gasteiger partial charge in [-0.05, 0) is 42.3 Å². The van der Waals surface area contributed by atoms with Gasteiger partial charge in [-0.25, -0.2) is 4.98 Å². The Morgan fingerprint density at radius 3 is 2.59 bits per heavy atom. The molecule has 1 aromatic heterocycles. The van der Waals surface area contributed by atoms with Crippen molar-refractivity contribution >= 4 is 17.4 Å². The van der Waals surface area contributed by atoms with Gasteiger partial charge in [0.05, 0.1) is 7.11 Å². The highest BCUT2D eigenvalue weighted by atomic mass is 16.5. The monoisotopic (exact) mass is 361 g/mol. The van der Waals surface area contributed by atoms with Crippen LogP contribution >= 0.6 is 0 Å². The minimum atomic E-state index is -0.0728. The summed E-state index contributed by atoms with van der Waals surface area (Å²) < 4.78 is 5.37. The van der Waals surface area contributed by atoms with Crippen LogP contribution < -0.4 is 15.0 Å². The molecule has 0 aliphatic rings. The average Bonchev–Trinajstić information content (AvgIpc) is 2.74. The van der Waals surface area contributed by atoms with Crippen LogP contribution in [-0.4, -0.2) is 31.6 Å².